The van der Waals surface area contributed by atoms with Crippen molar-refractivity contribution in [3.05, 3.63) is 59.7 Å². The van der Waals surface area contributed by atoms with Crippen LogP contribution in [0.15, 0.2) is 52.9 Å². The Morgan fingerprint density at radius 2 is 1.97 bits per heavy atom. The van der Waals surface area contributed by atoms with Crippen LogP contribution in [0.25, 0.3) is 22.2 Å². The molecule has 2 aliphatic rings. The van der Waals surface area contributed by atoms with Crippen molar-refractivity contribution in [1.82, 2.24) is 25.0 Å². The van der Waals surface area contributed by atoms with Crippen LogP contribution >= 0.6 is 0 Å². The van der Waals surface area contributed by atoms with E-state index >= 15 is 0 Å². The van der Waals surface area contributed by atoms with Crippen LogP contribution < -0.4 is 0 Å². The van der Waals surface area contributed by atoms with E-state index in [2.05, 4.69) is 40.7 Å². The zero-order valence-corrected chi connectivity index (χ0v) is 19.3. The molecule has 0 atom stereocenters. The summed E-state index contributed by atoms with van der Waals surface area (Å²) >= 11 is 0. The summed E-state index contributed by atoms with van der Waals surface area (Å²) in [5, 5.41) is 8.26. The van der Waals surface area contributed by atoms with Crippen molar-refractivity contribution in [2.75, 3.05) is 26.2 Å². The van der Waals surface area contributed by atoms with E-state index in [9.17, 15) is 9.18 Å². The number of carbonyl (C=O) groups excluding carboxylic acids is 1. The van der Waals surface area contributed by atoms with Crippen LogP contribution in [-0.4, -0.2) is 68.7 Å². The highest BCUT2D eigenvalue weighted by Crippen LogP contribution is 2.31. The first kappa shape index (κ1) is 21.9. The Balaban J connectivity index is 1.51. The number of pyridine rings is 1. The average Bonchev–Trinajstić information content (AvgIpc) is 3.24. The molecule has 0 saturated carbocycles. The molecule has 1 fully saturated rings. The second kappa shape index (κ2) is 8.81. The standard InChI is InChI=1S/C25H26FN7O/c1-4-22-27-14-21-17(24(30-22)32-9-11-33(12-10-32)25(34)16(3)26)6-8-20(29-21)23-15(2)5-7-19-18(23)13-28-31-19/h5-8,13H,3-4,9-12,14H2,1-2H3,(H,28,31). The van der Waals surface area contributed by atoms with E-state index in [1.54, 1.807) is 0 Å². The summed E-state index contributed by atoms with van der Waals surface area (Å²) in [5.41, 5.74) is 5.80. The number of carbonyl (C=O) groups is 1. The Morgan fingerprint density at radius 1 is 1.18 bits per heavy atom. The van der Waals surface area contributed by atoms with Gasteiger partial charge < -0.3 is 9.80 Å². The smallest absolute Gasteiger partial charge is 0.282 e. The van der Waals surface area contributed by atoms with E-state index in [1.165, 1.54) is 4.90 Å². The number of rotatable bonds is 3. The van der Waals surface area contributed by atoms with Crippen LogP contribution in [-0.2, 0) is 11.3 Å². The summed E-state index contributed by atoms with van der Waals surface area (Å²) in [4.78, 5) is 30.2. The first-order valence-corrected chi connectivity index (χ1v) is 11.4. The Morgan fingerprint density at radius 3 is 2.71 bits per heavy atom. The fourth-order valence-corrected chi connectivity index (χ4v) is 4.54. The molecular weight excluding hydrogens is 433 g/mol. The number of halogens is 1. The summed E-state index contributed by atoms with van der Waals surface area (Å²) in [6.07, 6.45) is 2.54. The van der Waals surface area contributed by atoms with Gasteiger partial charge in [0.2, 0.25) is 0 Å². The van der Waals surface area contributed by atoms with Gasteiger partial charge in [-0.25, -0.2) is 9.38 Å². The number of amidine groups is 2. The number of aromatic amines is 1. The molecule has 1 saturated heterocycles. The molecule has 4 heterocycles. The maximum atomic E-state index is 13.3. The van der Waals surface area contributed by atoms with E-state index < -0.39 is 11.7 Å². The molecule has 34 heavy (non-hydrogen) atoms. The van der Waals surface area contributed by atoms with Gasteiger partial charge in [-0.15, -0.1) is 0 Å². The molecule has 2 aliphatic heterocycles. The largest absolute Gasteiger partial charge is 0.352 e. The number of aliphatic imine (C=N–C) groups is 2. The molecule has 2 aromatic heterocycles. The van der Waals surface area contributed by atoms with Crippen molar-refractivity contribution in [3.63, 3.8) is 0 Å². The predicted molar refractivity (Wildman–Crippen MR) is 130 cm³/mol. The van der Waals surface area contributed by atoms with Crippen molar-refractivity contribution in [2.45, 2.75) is 26.8 Å². The molecule has 9 heteroatoms. The molecule has 5 rings (SSSR count). The van der Waals surface area contributed by atoms with Crippen LogP contribution in [0, 0.1) is 6.92 Å². The molecule has 0 spiro atoms. The van der Waals surface area contributed by atoms with Crippen molar-refractivity contribution >= 4 is 28.5 Å². The molecule has 0 aliphatic carbocycles. The number of fused-ring (bicyclic) bond motifs is 2. The number of H-pyrrole nitrogens is 1. The van der Waals surface area contributed by atoms with E-state index in [4.69, 9.17) is 15.0 Å². The molecule has 8 nitrogen and oxygen atoms in total. The van der Waals surface area contributed by atoms with E-state index in [-0.39, 0.29) is 0 Å². The lowest BCUT2D eigenvalue weighted by Crippen LogP contribution is -2.51. The highest BCUT2D eigenvalue weighted by molar-refractivity contribution is 6.08. The number of nitrogens with zero attached hydrogens (tertiary/aromatic N) is 6. The van der Waals surface area contributed by atoms with E-state index in [0.717, 1.165) is 50.7 Å². The number of aromatic nitrogens is 3. The highest BCUT2D eigenvalue weighted by Gasteiger charge is 2.28. The monoisotopic (exact) mass is 459 g/mol. The van der Waals surface area contributed by atoms with Gasteiger partial charge in [0.15, 0.2) is 5.83 Å². The van der Waals surface area contributed by atoms with Gasteiger partial charge >= 0.3 is 0 Å². The number of hydrogen-bond acceptors (Lipinski definition) is 6. The van der Waals surface area contributed by atoms with Crippen molar-refractivity contribution in [2.24, 2.45) is 9.98 Å². The average molecular weight is 460 g/mol. The van der Waals surface area contributed by atoms with Gasteiger partial charge in [-0.3, -0.25) is 19.9 Å². The van der Waals surface area contributed by atoms with Gasteiger partial charge in [0.05, 0.1) is 29.6 Å². The molecular formula is C25H26FN7O. The normalized spacial score (nSPS) is 16.1. The predicted octanol–water partition coefficient (Wildman–Crippen LogP) is 3.63. The van der Waals surface area contributed by atoms with Gasteiger partial charge in [-0.2, -0.15) is 5.10 Å². The van der Waals surface area contributed by atoms with Crippen molar-refractivity contribution < 1.29 is 9.18 Å². The maximum absolute atomic E-state index is 13.3. The number of benzene rings is 1. The molecule has 0 unspecified atom stereocenters. The van der Waals surface area contributed by atoms with Crippen molar-refractivity contribution in [1.29, 1.82) is 0 Å². The lowest BCUT2D eigenvalue weighted by molar-refractivity contribution is -0.129. The minimum absolute atomic E-state index is 0.405. The topological polar surface area (TPSA) is 89.8 Å². The number of nitrogens with one attached hydrogen (secondary N) is 1. The summed E-state index contributed by atoms with van der Waals surface area (Å²) in [7, 11) is 0. The molecule has 0 bridgehead atoms. The zero-order valence-electron chi connectivity index (χ0n) is 19.3. The van der Waals surface area contributed by atoms with Crippen molar-refractivity contribution in [3.8, 4) is 11.3 Å². The minimum atomic E-state index is -0.925. The molecule has 1 N–H and O–H groups in total. The van der Waals surface area contributed by atoms with E-state index in [1.807, 2.05) is 25.3 Å². The molecule has 1 amide bonds. The second-order valence-corrected chi connectivity index (χ2v) is 8.49. The van der Waals surface area contributed by atoms with Gasteiger partial charge in [0.1, 0.15) is 11.7 Å². The SMILES string of the molecule is C=C(F)C(=O)N1CCN(C2=NC(CC)=NCc3nc(-c4c(C)ccc5[nH]ncc45)ccc32)CC1. The molecule has 1 aromatic carbocycles. The number of piperazine rings is 1. The summed E-state index contributed by atoms with van der Waals surface area (Å²) in [6, 6.07) is 8.17. The summed E-state index contributed by atoms with van der Waals surface area (Å²) in [6.45, 7) is 9.58. The lowest BCUT2D eigenvalue weighted by atomic mass is 9.99. The van der Waals surface area contributed by atoms with Crippen LogP contribution in [0.5, 0.6) is 0 Å². The van der Waals surface area contributed by atoms with Crippen LogP contribution in [0.4, 0.5) is 4.39 Å². The third-order valence-electron chi connectivity index (χ3n) is 6.36. The molecule has 174 valence electrons. The highest BCUT2D eigenvalue weighted by atomic mass is 19.1. The van der Waals surface area contributed by atoms with Crippen LogP contribution in [0.3, 0.4) is 0 Å². The van der Waals surface area contributed by atoms with Gasteiger partial charge in [-0.05, 0) is 30.7 Å². The van der Waals surface area contributed by atoms with E-state index in [0.29, 0.717) is 39.1 Å². The third-order valence-corrected chi connectivity index (χ3v) is 6.36. The van der Waals surface area contributed by atoms with Crippen LogP contribution in [0.2, 0.25) is 0 Å². The number of aryl methyl sites for hydroxylation is 1. The lowest BCUT2D eigenvalue weighted by Gasteiger charge is -2.36. The molecule has 0 radical (unpaired) electrons. The van der Waals surface area contributed by atoms with Gasteiger partial charge in [-0.1, -0.05) is 19.6 Å². The quantitative estimate of drug-likeness (QED) is 0.606. The first-order chi connectivity index (χ1) is 16.5. The maximum Gasteiger partial charge on any atom is 0.282 e. The fourth-order valence-electron chi connectivity index (χ4n) is 4.54. The Bertz CT molecular complexity index is 1350. The Kier molecular flexibility index (Phi) is 5.69. The number of hydrogen-bond donors (Lipinski definition) is 1. The zero-order chi connectivity index (χ0) is 23.8. The third kappa shape index (κ3) is 3.87. The number of amides is 1. The van der Waals surface area contributed by atoms with Crippen LogP contribution in [0.1, 0.15) is 30.2 Å². The minimum Gasteiger partial charge on any atom is -0.352 e. The van der Waals surface area contributed by atoms with Gasteiger partial charge in [0, 0.05) is 49.1 Å². The first-order valence-electron chi connectivity index (χ1n) is 11.4. The molecule has 3 aromatic rings. The van der Waals surface area contributed by atoms with Gasteiger partial charge in [0.25, 0.3) is 5.91 Å². The second-order valence-electron chi connectivity index (χ2n) is 8.49. The Hall–Kier alpha value is -3.88. The summed E-state index contributed by atoms with van der Waals surface area (Å²) in [5.74, 6) is -0.00527. The fraction of sp³-hybridized carbons (Fsp3) is 0.320. The summed E-state index contributed by atoms with van der Waals surface area (Å²) < 4.78 is 13.3. The Labute approximate surface area is 196 Å².